The second kappa shape index (κ2) is 20.8. The lowest BCUT2D eigenvalue weighted by molar-refractivity contribution is -0.138. The molecule has 10 nitrogen and oxygen atoms in total. The van der Waals surface area contributed by atoms with E-state index in [-0.39, 0.29) is 35.1 Å². The molecule has 0 saturated heterocycles. The third kappa shape index (κ3) is 13.5. The van der Waals surface area contributed by atoms with Crippen LogP contribution in [-0.4, -0.2) is 49.9 Å². The van der Waals surface area contributed by atoms with Crippen molar-refractivity contribution >= 4 is 34.6 Å². The Kier molecular flexibility index (Phi) is 16.2. The molecule has 0 aromatic heterocycles. The lowest BCUT2D eigenvalue weighted by atomic mass is 9.90. The van der Waals surface area contributed by atoms with Gasteiger partial charge in [-0.25, -0.2) is 0 Å². The molecule has 0 spiro atoms. The maximum absolute atomic E-state index is 13.7. The van der Waals surface area contributed by atoms with Gasteiger partial charge in [-0.15, -0.1) is 0 Å². The van der Waals surface area contributed by atoms with Gasteiger partial charge in [-0.05, 0) is 119 Å². The predicted octanol–water partition coefficient (Wildman–Crippen LogP) is 8.41. The van der Waals surface area contributed by atoms with Gasteiger partial charge in [-0.1, -0.05) is 43.3 Å². The number of nitrogens with zero attached hydrogens (tertiary/aromatic N) is 1. The van der Waals surface area contributed by atoms with Gasteiger partial charge in [0.05, 0.1) is 22.7 Å². The molecule has 10 N–H and O–H groups in total. The van der Waals surface area contributed by atoms with Crippen molar-refractivity contribution in [1.82, 2.24) is 15.5 Å². The molecule has 0 fully saturated rings. The third-order valence-electron chi connectivity index (χ3n) is 9.82. The highest BCUT2D eigenvalue weighted by molar-refractivity contribution is 5.96. The number of benzene rings is 4. The summed E-state index contributed by atoms with van der Waals surface area (Å²) in [6.07, 6.45) is -7.96. The summed E-state index contributed by atoms with van der Waals surface area (Å²) in [6.45, 7) is 6.81. The molecule has 2 amide bonds. The Morgan fingerprint density at radius 3 is 1.47 bits per heavy atom. The van der Waals surface area contributed by atoms with E-state index in [0.717, 1.165) is 29.8 Å². The van der Waals surface area contributed by atoms with Crippen LogP contribution in [0.1, 0.15) is 67.8 Å². The van der Waals surface area contributed by atoms with Gasteiger partial charge in [0.25, 0.3) is 5.91 Å². The average molecular weight is 839 g/mol. The number of nitrogens with two attached hydrogens (primary N) is 3. The molecule has 322 valence electrons. The molecule has 2 atom stereocenters. The van der Waals surface area contributed by atoms with Crippen molar-refractivity contribution in [2.45, 2.75) is 57.9 Å². The summed E-state index contributed by atoms with van der Waals surface area (Å²) in [4.78, 5) is 29.3. The Morgan fingerprint density at radius 2 is 1.03 bits per heavy atom. The number of nitrogen functional groups attached to an aromatic ring is 2. The summed E-state index contributed by atoms with van der Waals surface area (Å²) in [7, 11) is 1.90. The summed E-state index contributed by atoms with van der Waals surface area (Å²) < 4.78 is 80.3. The normalized spacial score (nSPS) is 13.8. The molecule has 0 radical (unpaired) electrons. The fourth-order valence-corrected chi connectivity index (χ4v) is 6.58. The fraction of sp³-hybridized carbons (Fsp3) is 0.318. The van der Waals surface area contributed by atoms with Gasteiger partial charge in [0.1, 0.15) is 0 Å². The number of anilines is 4. The van der Waals surface area contributed by atoms with E-state index < -0.39 is 41.3 Å². The van der Waals surface area contributed by atoms with E-state index in [9.17, 15) is 35.9 Å². The van der Waals surface area contributed by atoms with Crippen molar-refractivity contribution in [3.8, 4) is 0 Å². The highest BCUT2D eigenvalue weighted by Crippen LogP contribution is 2.34. The minimum absolute atomic E-state index is 0.139. The number of rotatable bonds is 18. The first-order chi connectivity index (χ1) is 28.2. The first kappa shape index (κ1) is 46.7. The number of hydrogen-bond donors (Lipinski definition) is 7. The lowest BCUT2D eigenvalue weighted by Gasteiger charge is -2.22. The smallest absolute Gasteiger partial charge is 0.399 e. The van der Waals surface area contributed by atoms with Crippen LogP contribution in [0.5, 0.6) is 0 Å². The highest BCUT2D eigenvalue weighted by atomic mass is 19.4. The minimum atomic E-state index is -4.55. The van der Waals surface area contributed by atoms with Gasteiger partial charge in [0.15, 0.2) is 0 Å². The Bertz CT molecular complexity index is 1980. The number of halogens is 6. The van der Waals surface area contributed by atoms with Gasteiger partial charge in [-0.2, -0.15) is 26.3 Å². The van der Waals surface area contributed by atoms with Gasteiger partial charge >= 0.3 is 12.4 Å². The van der Waals surface area contributed by atoms with Crippen LogP contribution in [0, 0.1) is 0 Å². The van der Waals surface area contributed by atoms with Crippen LogP contribution in [0.25, 0.3) is 0 Å². The van der Waals surface area contributed by atoms with Gasteiger partial charge in [0.2, 0.25) is 5.91 Å². The highest BCUT2D eigenvalue weighted by Gasteiger charge is 2.32. The Labute approximate surface area is 346 Å². The number of allylic oxidation sites excluding steroid dienone is 2. The first-order valence-electron chi connectivity index (χ1n) is 19.3. The van der Waals surface area contributed by atoms with Crippen LogP contribution >= 0.6 is 0 Å². The van der Waals surface area contributed by atoms with Gasteiger partial charge in [0, 0.05) is 58.7 Å². The maximum atomic E-state index is 13.7. The summed E-state index contributed by atoms with van der Waals surface area (Å²) >= 11 is 0. The van der Waals surface area contributed by atoms with Crippen LogP contribution in [-0.2, 0) is 21.9 Å². The van der Waals surface area contributed by atoms with Gasteiger partial charge in [-0.3, -0.25) is 9.59 Å². The summed E-state index contributed by atoms with van der Waals surface area (Å²) in [6, 6.07) is 22.2. The monoisotopic (exact) mass is 838 g/mol. The molecule has 4 aromatic rings. The molecule has 0 saturated carbocycles. The Morgan fingerprint density at radius 1 is 0.633 bits per heavy atom. The standard InChI is InChI=1S/C44H52F6N8O2/c1-27(30-13-17-34(51)18-14-30)38(28(2)56-36-11-5-9-32(25-36)43(45,46)47)41(59)54-21-7-23-58(4)24-8-22-55-42(60)39(40(53)31-15-19-35(52)20-16-31)29(3)57-37-12-6-10-33(26-37)44(48,49)50/h5-6,9-20,25-27,40,56-57H,7-8,21-24,51-53H2,1-4H3,(H,54,59)(H,55,60)/b38-28+,39-29+/t27?,40-/m1/s1. The zero-order valence-corrected chi connectivity index (χ0v) is 33.9. The zero-order valence-electron chi connectivity index (χ0n) is 33.9. The van der Waals surface area contributed by atoms with Crippen molar-refractivity contribution in [3.63, 3.8) is 0 Å². The number of carbonyl (C=O) groups is 2. The van der Waals surface area contributed by atoms with Crippen LogP contribution in [0.4, 0.5) is 49.1 Å². The molecule has 0 aliphatic rings. The molecular formula is C44H52F6N8O2. The van der Waals surface area contributed by atoms with E-state index in [4.69, 9.17) is 17.2 Å². The molecule has 60 heavy (non-hydrogen) atoms. The van der Waals surface area contributed by atoms with E-state index in [1.54, 1.807) is 62.4 Å². The summed E-state index contributed by atoms with van der Waals surface area (Å²) in [5.74, 6) is -1.30. The predicted molar refractivity (Wildman–Crippen MR) is 225 cm³/mol. The largest absolute Gasteiger partial charge is 0.416 e. The van der Waals surface area contributed by atoms with Crippen molar-refractivity contribution in [2.75, 3.05) is 55.3 Å². The second-order valence-corrected chi connectivity index (χ2v) is 14.5. The van der Waals surface area contributed by atoms with E-state index in [1.165, 1.54) is 24.3 Å². The number of hydrogen-bond acceptors (Lipinski definition) is 8. The third-order valence-corrected chi connectivity index (χ3v) is 9.82. The molecule has 4 aromatic carbocycles. The zero-order chi connectivity index (χ0) is 44.2. The summed E-state index contributed by atoms with van der Waals surface area (Å²) in [5.41, 5.74) is 20.5. The van der Waals surface area contributed by atoms with Crippen LogP contribution < -0.4 is 38.5 Å². The maximum Gasteiger partial charge on any atom is 0.416 e. The SMILES string of the molecule is C/C(Nc1cccc(C(F)(F)F)c1)=C(\C(=O)NCCCN(C)CCCNC(=O)/C(=C(\C)Nc1cccc(C(F)(F)F)c1)[C@H](N)c1ccc(N)cc1)C(C)c1ccc(N)cc1. The average Bonchev–Trinajstić information content (AvgIpc) is 3.18. The van der Waals surface area contributed by atoms with Crippen molar-refractivity contribution in [2.24, 2.45) is 5.73 Å². The first-order valence-corrected chi connectivity index (χ1v) is 19.3. The van der Waals surface area contributed by atoms with Gasteiger partial charge < -0.3 is 43.4 Å². The lowest BCUT2D eigenvalue weighted by Crippen LogP contribution is -2.34. The van der Waals surface area contributed by atoms with Crippen LogP contribution in [0.3, 0.4) is 0 Å². The van der Waals surface area contributed by atoms with Crippen molar-refractivity contribution in [3.05, 3.63) is 142 Å². The second-order valence-electron chi connectivity index (χ2n) is 14.5. The van der Waals surface area contributed by atoms with Crippen LogP contribution in [0.2, 0.25) is 0 Å². The topological polar surface area (TPSA) is 164 Å². The number of carbonyl (C=O) groups excluding carboxylic acids is 2. The fourth-order valence-electron chi connectivity index (χ4n) is 6.58. The Balaban J connectivity index is 1.35. The molecular weight excluding hydrogens is 787 g/mol. The van der Waals surface area contributed by atoms with E-state index in [1.807, 2.05) is 18.9 Å². The van der Waals surface area contributed by atoms with Crippen molar-refractivity contribution in [1.29, 1.82) is 0 Å². The molecule has 0 aliphatic heterocycles. The molecule has 0 bridgehead atoms. The minimum Gasteiger partial charge on any atom is -0.399 e. The molecule has 1 unspecified atom stereocenters. The van der Waals surface area contributed by atoms with E-state index >= 15 is 0 Å². The quantitative estimate of drug-likeness (QED) is 0.0227. The van der Waals surface area contributed by atoms with E-state index in [2.05, 4.69) is 21.3 Å². The molecule has 4 rings (SSSR count). The summed E-state index contributed by atoms with van der Waals surface area (Å²) in [5, 5.41) is 11.7. The number of alkyl halides is 6. The molecule has 0 heterocycles. The number of nitrogens with one attached hydrogen (secondary N) is 4. The van der Waals surface area contributed by atoms with E-state index in [0.29, 0.717) is 60.7 Å². The molecule has 16 heteroatoms. The van der Waals surface area contributed by atoms with Crippen molar-refractivity contribution < 1.29 is 35.9 Å². The van der Waals surface area contributed by atoms with Crippen LogP contribution in [0.15, 0.2) is 120 Å². The Hall–Kier alpha value is -6.00. The molecule has 0 aliphatic carbocycles. The number of amides is 2.